The molecule has 0 amide bonds. The number of carbonyl (C=O) groups excluding carboxylic acids is 1. The van der Waals surface area contributed by atoms with Crippen molar-refractivity contribution in [3.05, 3.63) is 29.0 Å². The maximum Gasteiger partial charge on any atom is 0.349 e. The molecular weight excluding hydrogens is 280 g/mol. The molecule has 0 aliphatic carbocycles. The van der Waals surface area contributed by atoms with Gasteiger partial charge in [-0.05, 0) is 11.4 Å². The highest BCUT2D eigenvalue weighted by atomic mass is 32.2. The molecule has 96 valence electrons. The van der Waals surface area contributed by atoms with Gasteiger partial charge in [-0.2, -0.15) is 8.42 Å². The first kappa shape index (κ1) is 12.5. The fourth-order valence-corrected chi connectivity index (χ4v) is 3.49. The van der Waals surface area contributed by atoms with Gasteiger partial charge in [0.25, 0.3) is 10.0 Å². The Morgan fingerprint density at radius 2 is 2.11 bits per heavy atom. The summed E-state index contributed by atoms with van der Waals surface area (Å²) in [7, 11) is -2.70. The van der Waals surface area contributed by atoms with Crippen molar-refractivity contribution < 1.29 is 17.9 Å². The molecule has 0 spiro atoms. The predicted octanol–water partition coefficient (Wildman–Crippen LogP) is 0.0586. The SMILES string of the molecule is COC(=O)c1sccc1S(=O)(=O)Nn1cnnc1. The fraction of sp³-hybridized carbons (Fsp3) is 0.125. The van der Waals surface area contributed by atoms with E-state index in [0.29, 0.717) is 0 Å². The van der Waals surface area contributed by atoms with E-state index in [1.165, 1.54) is 31.2 Å². The van der Waals surface area contributed by atoms with Crippen LogP contribution in [-0.4, -0.2) is 36.4 Å². The Morgan fingerprint density at radius 1 is 1.44 bits per heavy atom. The molecular formula is C8H8N4O4S2. The Balaban J connectivity index is 2.36. The number of hydrogen-bond acceptors (Lipinski definition) is 7. The van der Waals surface area contributed by atoms with Gasteiger partial charge in [0.2, 0.25) is 0 Å². The van der Waals surface area contributed by atoms with Crippen molar-refractivity contribution in [3.63, 3.8) is 0 Å². The van der Waals surface area contributed by atoms with E-state index in [1.807, 2.05) is 0 Å². The normalized spacial score (nSPS) is 11.2. The molecule has 18 heavy (non-hydrogen) atoms. The highest BCUT2D eigenvalue weighted by Crippen LogP contribution is 2.22. The van der Waals surface area contributed by atoms with E-state index in [0.717, 1.165) is 16.0 Å². The number of carbonyl (C=O) groups is 1. The molecule has 0 unspecified atom stereocenters. The van der Waals surface area contributed by atoms with E-state index in [-0.39, 0.29) is 9.77 Å². The van der Waals surface area contributed by atoms with Gasteiger partial charge in [-0.3, -0.25) is 0 Å². The van der Waals surface area contributed by atoms with Gasteiger partial charge in [0.05, 0.1) is 7.11 Å². The van der Waals surface area contributed by atoms with Gasteiger partial charge in [0, 0.05) is 0 Å². The maximum absolute atomic E-state index is 12.0. The number of ether oxygens (including phenoxy) is 1. The third-order valence-electron chi connectivity index (χ3n) is 1.93. The summed E-state index contributed by atoms with van der Waals surface area (Å²) in [5.74, 6) is -0.700. The number of sulfonamides is 1. The molecule has 0 saturated carbocycles. The standard InChI is InChI=1S/C8H8N4O4S2/c1-16-8(13)7-6(2-3-17-7)18(14,15)11-12-4-9-10-5-12/h2-5,11H,1H3. The highest BCUT2D eigenvalue weighted by molar-refractivity contribution is 7.92. The number of thiophene rings is 1. The molecule has 0 fully saturated rings. The average molecular weight is 288 g/mol. The zero-order valence-electron chi connectivity index (χ0n) is 9.10. The Hall–Kier alpha value is -1.94. The van der Waals surface area contributed by atoms with E-state index in [9.17, 15) is 13.2 Å². The number of rotatable bonds is 4. The molecule has 2 aromatic heterocycles. The Bertz CT molecular complexity index is 646. The van der Waals surface area contributed by atoms with Gasteiger partial charge in [0.15, 0.2) is 0 Å². The summed E-state index contributed by atoms with van der Waals surface area (Å²) in [5.41, 5.74) is 0. The number of aromatic nitrogens is 3. The van der Waals surface area contributed by atoms with Crippen LogP contribution in [0.2, 0.25) is 0 Å². The van der Waals surface area contributed by atoms with Crippen LogP contribution in [0.5, 0.6) is 0 Å². The minimum Gasteiger partial charge on any atom is -0.465 e. The number of nitrogens with zero attached hydrogens (tertiary/aromatic N) is 3. The van der Waals surface area contributed by atoms with Crippen molar-refractivity contribution >= 4 is 27.3 Å². The summed E-state index contributed by atoms with van der Waals surface area (Å²) in [6.45, 7) is 0. The lowest BCUT2D eigenvalue weighted by Gasteiger charge is -2.07. The molecule has 2 aromatic rings. The van der Waals surface area contributed by atoms with Crippen molar-refractivity contribution in [2.45, 2.75) is 4.90 Å². The third-order valence-corrected chi connectivity index (χ3v) is 4.33. The lowest BCUT2D eigenvalue weighted by molar-refractivity contribution is 0.0602. The number of esters is 1. The summed E-state index contributed by atoms with van der Waals surface area (Å²) >= 11 is 0.988. The second-order valence-corrected chi connectivity index (χ2v) is 5.61. The first-order valence-electron chi connectivity index (χ1n) is 4.58. The molecule has 0 atom stereocenters. The molecule has 1 N–H and O–H groups in total. The zero-order valence-corrected chi connectivity index (χ0v) is 10.7. The summed E-state index contributed by atoms with van der Waals surface area (Å²) in [5, 5.41) is 8.41. The van der Waals surface area contributed by atoms with Crippen molar-refractivity contribution in [2.75, 3.05) is 11.9 Å². The summed E-state index contributed by atoms with van der Waals surface area (Å²) in [6, 6.07) is 1.32. The van der Waals surface area contributed by atoms with E-state index in [2.05, 4.69) is 19.8 Å². The molecule has 0 aliphatic heterocycles. The lowest BCUT2D eigenvalue weighted by atomic mass is 10.5. The van der Waals surface area contributed by atoms with Gasteiger partial charge in [-0.1, -0.05) is 0 Å². The minimum atomic E-state index is -3.88. The van der Waals surface area contributed by atoms with Crippen molar-refractivity contribution in [1.29, 1.82) is 0 Å². The van der Waals surface area contributed by atoms with E-state index in [1.54, 1.807) is 0 Å². The quantitative estimate of drug-likeness (QED) is 0.798. The molecule has 8 nitrogen and oxygen atoms in total. The van der Waals surface area contributed by atoms with Crippen LogP contribution in [0.15, 0.2) is 29.0 Å². The first-order chi connectivity index (χ1) is 8.54. The van der Waals surface area contributed by atoms with Gasteiger partial charge < -0.3 is 4.74 Å². The average Bonchev–Trinajstić information content (AvgIpc) is 2.97. The van der Waals surface area contributed by atoms with E-state index < -0.39 is 16.0 Å². The van der Waals surface area contributed by atoms with Crippen molar-refractivity contribution in [1.82, 2.24) is 14.9 Å². The highest BCUT2D eigenvalue weighted by Gasteiger charge is 2.24. The van der Waals surface area contributed by atoms with Gasteiger partial charge in [-0.15, -0.1) is 21.5 Å². The van der Waals surface area contributed by atoms with Crippen LogP contribution in [0.1, 0.15) is 9.67 Å². The summed E-state index contributed by atoms with van der Waals surface area (Å²) < 4.78 is 29.6. The fourth-order valence-electron chi connectivity index (χ4n) is 1.19. The number of methoxy groups -OCH3 is 1. The molecule has 0 saturated heterocycles. The van der Waals surface area contributed by atoms with Crippen LogP contribution in [-0.2, 0) is 14.8 Å². The lowest BCUT2D eigenvalue weighted by Crippen LogP contribution is -2.23. The molecule has 0 aromatic carbocycles. The van der Waals surface area contributed by atoms with Crippen LogP contribution in [0.3, 0.4) is 0 Å². The first-order valence-corrected chi connectivity index (χ1v) is 6.94. The molecule has 0 bridgehead atoms. The smallest absolute Gasteiger partial charge is 0.349 e. The van der Waals surface area contributed by atoms with Crippen LogP contribution < -0.4 is 4.83 Å². The molecule has 0 radical (unpaired) electrons. The summed E-state index contributed by atoms with van der Waals surface area (Å²) in [4.78, 5) is 13.5. The van der Waals surface area contributed by atoms with Crippen molar-refractivity contribution in [2.24, 2.45) is 0 Å². The van der Waals surface area contributed by atoms with Gasteiger partial charge >= 0.3 is 5.97 Å². The maximum atomic E-state index is 12.0. The van der Waals surface area contributed by atoms with Gasteiger partial charge in [0.1, 0.15) is 22.4 Å². The molecule has 10 heteroatoms. The van der Waals surface area contributed by atoms with Crippen LogP contribution in [0.4, 0.5) is 0 Å². The molecule has 2 heterocycles. The Morgan fingerprint density at radius 3 is 2.72 bits per heavy atom. The number of nitrogens with one attached hydrogen (secondary N) is 1. The third kappa shape index (κ3) is 2.33. The second-order valence-electron chi connectivity index (χ2n) is 3.07. The van der Waals surface area contributed by atoms with Crippen LogP contribution in [0, 0.1) is 0 Å². The van der Waals surface area contributed by atoms with Gasteiger partial charge in [-0.25, -0.2) is 14.3 Å². The van der Waals surface area contributed by atoms with E-state index >= 15 is 0 Å². The largest absolute Gasteiger partial charge is 0.465 e. The van der Waals surface area contributed by atoms with E-state index in [4.69, 9.17) is 0 Å². The monoisotopic (exact) mass is 288 g/mol. The Labute approximate surface area is 106 Å². The second kappa shape index (κ2) is 4.74. The van der Waals surface area contributed by atoms with Crippen molar-refractivity contribution in [3.8, 4) is 0 Å². The van der Waals surface area contributed by atoms with Crippen LogP contribution >= 0.6 is 11.3 Å². The molecule has 0 aliphatic rings. The zero-order chi connectivity index (χ0) is 13.2. The predicted molar refractivity (Wildman–Crippen MR) is 62.2 cm³/mol. The topological polar surface area (TPSA) is 103 Å². The van der Waals surface area contributed by atoms with Crippen LogP contribution in [0.25, 0.3) is 0 Å². The summed E-state index contributed by atoms with van der Waals surface area (Å²) in [6.07, 6.45) is 2.36. The Kier molecular flexibility index (Phi) is 3.30. The minimum absolute atomic E-state index is 0.0121. The molecule has 2 rings (SSSR count). The number of hydrogen-bond donors (Lipinski definition) is 1.